The summed E-state index contributed by atoms with van der Waals surface area (Å²) >= 11 is 0. The van der Waals surface area contributed by atoms with Gasteiger partial charge in [-0.3, -0.25) is 29.4 Å². The van der Waals surface area contributed by atoms with Gasteiger partial charge in [0.15, 0.2) is 0 Å². The van der Waals surface area contributed by atoms with Gasteiger partial charge in [0.1, 0.15) is 29.4 Å². The van der Waals surface area contributed by atoms with Crippen LogP contribution in [0.15, 0.2) is 110 Å². The van der Waals surface area contributed by atoms with E-state index in [0.717, 1.165) is 52.3 Å². The zero-order valence-corrected chi connectivity index (χ0v) is 31.3. The number of benzene rings is 3. The van der Waals surface area contributed by atoms with Gasteiger partial charge in [-0.1, -0.05) is 84.9 Å². The number of likely N-dealkylation sites (tertiary alicyclic amines) is 1. The summed E-state index contributed by atoms with van der Waals surface area (Å²) < 4.78 is 0. The van der Waals surface area contributed by atoms with Gasteiger partial charge in [-0.25, -0.2) is 9.97 Å². The number of imidazole rings is 2. The SMILES string of the molecule is C[C@H](NC(=O)[C@@H](c1ccccc1)N(C)C)c1ncc(-c2cnc(-c3ccc(-c4cnc([C@@H]5CCCN5C(=O)[C@@H](c5ccccc5)N(C)C)[nH]4)cc3)cn2)[nH]1. The molecule has 1 aliphatic rings. The Hall–Kier alpha value is -5.98. The van der Waals surface area contributed by atoms with Gasteiger partial charge in [-0.2, -0.15) is 0 Å². The standard InChI is InChI=1S/C42H46N10O2/c1-27(47-41(53)37(50(2)3)30-13-8-6-9-14-30)39-45-26-35(49-39)34-25-43-32(23-44-34)28-18-20-29(21-19-28)33-24-46-40(48-33)36-17-12-22-52(36)42(54)38(51(4)5)31-15-10-7-11-16-31/h6-11,13-16,18-21,23-27,36-38H,12,17,22H2,1-5H3,(H,45,49)(H,46,48)(H,47,53)/t27-,36-,37+,38+/m0/s1. The zero-order valence-electron chi connectivity index (χ0n) is 31.3. The molecule has 54 heavy (non-hydrogen) atoms. The zero-order chi connectivity index (χ0) is 37.8. The number of aromatic nitrogens is 6. The molecule has 0 saturated carbocycles. The van der Waals surface area contributed by atoms with Crippen molar-refractivity contribution in [3.8, 4) is 33.9 Å². The number of carbonyl (C=O) groups excluding carboxylic acids is 2. The predicted octanol–water partition coefficient (Wildman–Crippen LogP) is 6.37. The minimum absolute atomic E-state index is 0.0898. The average molecular weight is 723 g/mol. The van der Waals surface area contributed by atoms with Crippen LogP contribution in [0.4, 0.5) is 0 Å². The molecule has 1 fully saturated rings. The van der Waals surface area contributed by atoms with E-state index in [1.807, 2.05) is 141 Å². The number of rotatable bonds is 12. The fourth-order valence-corrected chi connectivity index (χ4v) is 7.23. The molecule has 2 amide bonds. The van der Waals surface area contributed by atoms with Crippen LogP contribution in [0.1, 0.15) is 66.7 Å². The fourth-order valence-electron chi connectivity index (χ4n) is 7.23. The molecule has 4 heterocycles. The fraction of sp³-hybridized carbons (Fsp3) is 0.286. The Bertz CT molecular complexity index is 2160. The minimum Gasteiger partial charge on any atom is -0.345 e. The lowest BCUT2D eigenvalue weighted by Gasteiger charge is -2.31. The molecule has 276 valence electrons. The van der Waals surface area contributed by atoms with E-state index in [4.69, 9.17) is 4.98 Å². The molecule has 0 spiro atoms. The van der Waals surface area contributed by atoms with Crippen molar-refractivity contribution in [1.29, 1.82) is 0 Å². The highest BCUT2D eigenvalue weighted by molar-refractivity contribution is 5.84. The van der Waals surface area contributed by atoms with Crippen LogP contribution in [0.2, 0.25) is 0 Å². The van der Waals surface area contributed by atoms with Crippen LogP contribution < -0.4 is 5.32 Å². The first kappa shape index (κ1) is 36.4. The third-order valence-corrected chi connectivity index (χ3v) is 9.98. The predicted molar refractivity (Wildman–Crippen MR) is 209 cm³/mol. The molecule has 12 nitrogen and oxygen atoms in total. The summed E-state index contributed by atoms with van der Waals surface area (Å²) in [6.45, 7) is 2.61. The van der Waals surface area contributed by atoms with Crippen LogP contribution in [-0.4, -0.2) is 91.2 Å². The lowest BCUT2D eigenvalue weighted by atomic mass is 10.0. The Morgan fingerprint density at radius 1 is 0.704 bits per heavy atom. The van der Waals surface area contributed by atoms with Crippen molar-refractivity contribution in [2.24, 2.45) is 0 Å². The summed E-state index contributed by atoms with van der Waals surface area (Å²) in [5, 5.41) is 3.09. The highest BCUT2D eigenvalue weighted by atomic mass is 16.2. The van der Waals surface area contributed by atoms with Gasteiger partial charge in [0, 0.05) is 12.1 Å². The van der Waals surface area contributed by atoms with Crippen molar-refractivity contribution in [3.05, 3.63) is 132 Å². The lowest BCUT2D eigenvalue weighted by molar-refractivity contribution is -0.137. The van der Waals surface area contributed by atoms with E-state index in [-0.39, 0.29) is 29.9 Å². The lowest BCUT2D eigenvalue weighted by Crippen LogP contribution is -2.40. The maximum Gasteiger partial charge on any atom is 0.245 e. The van der Waals surface area contributed by atoms with E-state index in [9.17, 15) is 9.59 Å². The largest absolute Gasteiger partial charge is 0.345 e. The molecule has 7 rings (SSSR count). The summed E-state index contributed by atoms with van der Waals surface area (Å²) in [6, 6.07) is 26.5. The summed E-state index contributed by atoms with van der Waals surface area (Å²) in [4.78, 5) is 58.4. The third-order valence-electron chi connectivity index (χ3n) is 9.98. The maximum atomic E-state index is 13.9. The molecule has 1 saturated heterocycles. The van der Waals surface area contributed by atoms with Crippen molar-refractivity contribution in [3.63, 3.8) is 0 Å². The molecule has 4 atom stereocenters. The molecule has 0 aliphatic carbocycles. The second kappa shape index (κ2) is 15.9. The number of nitrogens with zero attached hydrogens (tertiary/aromatic N) is 7. The smallest absolute Gasteiger partial charge is 0.245 e. The van der Waals surface area contributed by atoms with Gasteiger partial charge < -0.3 is 20.2 Å². The number of hydrogen-bond acceptors (Lipinski definition) is 8. The molecule has 3 aromatic carbocycles. The number of aromatic amines is 2. The third kappa shape index (κ3) is 7.71. The van der Waals surface area contributed by atoms with Crippen molar-refractivity contribution in [2.45, 2.75) is 43.9 Å². The molecule has 6 aromatic rings. The molecule has 3 N–H and O–H groups in total. The molecular weight excluding hydrogens is 677 g/mol. The topological polar surface area (TPSA) is 139 Å². The summed E-state index contributed by atoms with van der Waals surface area (Å²) in [7, 11) is 7.68. The van der Waals surface area contributed by atoms with Crippen molar-refractivity contribution >= 4 is 11.8 Å². The Balaban J connectivity index is 0.992. The highest BCUT2D eigenvalue weighted by Crippen LogP contribution is 2.35. The normalized spacial score (nSPS) is 16.1. The Labute approximate surface area is 315 Å². The van der Waals surface area contributed by atoms with Crippen LogP contribution in [0.5, 0.6) is 0 Å². The number of hydrogen-bond donors (Lipinski definition) is 3. The monoisotopic (exact) mass is 722 g/mol. The van der Waals surface area contributed by atoms with Crippen molar-refractivity contribution < 1.29 is 9.59 Å². The van der Waals surface area contributed by atoms with Crippen LogP contribution >= 0.6 is 0 Å². The van der Waals surface area contributed by atoms with Gasteiger partial charge in [0.25, 0.3) is 0 Å². The van der Waals surface area contributed by atoms with E-state index < -0.39 is 6.04 Å². The Morgan fingerprint density at radius 3 is 1.93 bits per heavy atom. The molecular formula is C42H46N10O2. The van der Waals surface area contributed by atoms with Crippen molar-refractivity contribution in [1.82, 2.24) is 49.9 Å². The number of nitrogens with one attached hydrogen (secondary N) is 3. The second-order valence-corrected chi connectivity index (χ2v) is 14.2. The van der Waals surface area contributed by atoms with Crippen LogP contribution in [0.3, 0.4) is 0 Å². The van der Waals surface area contributed by atoms with Crippen LogP contribution in [0, 0.1) is 0 Å². The van der Waals surface area contributed by atoms with Crippen LogP contribution in [0.25, 0.3) is 33.9 Å². The molecule has 1 aliphatic heterocycles. The summed E-state index contributed by atoms with van der Waals surface area (Å²) in [6.07, 6.45) is 8.81. The van der Waals surface area contributed by atoms with E-state index in [0.29, 0.717) is 23.8 Å². The quantitative estimate of drug-likeness (QED) is 0.133. The Morgan fingerprint density at radius 2 is 1.30 bits per heavy atom. The number of H-pyrrole nitrogens is 2. The maximum absolute atomic E-state index is 13.9. The first-order valence-electron chi connectivity index (χ1n) is 18.2. The molecule has 12 heteroatoms. The van der Waals surface area contributed by atoms with Gasteiger partial charge >= 0.3 is 0 Å². The van der Waals surface area contributed by atoms with Crippen molar-refractivity contribution in [2.75, 3.05) is 34.7 Å². The molecule has 0 unspecified atom stereocenters. The van der Waals surface area contributed by atoms with E-state index in [1.54, 1.807) is 18.6 Å². The van der Waals surface area contributed by atoms with Gasteiger partial charge in [0.05, 0.1) is 54.0 Å². The van der Waals surface area contributed by atoms with Crippen LogP contribution in [-0.2, 0) is 9.59 Å². The number of carbonyl (C=O) groups is 2. The van der Waals surface area contributed by atoms with Gasteiger partial charge in [0.2, 0.25) is 11.8 Å². The first-order chi connectivity index (χ1) is 26.2. The Kier molecular flexibility index (Phi) is 10.7. The van der Waals surface area contributed by atoms with Gasteiger partial charge in [-0.05, 0) is 64.6 Å². The van der Waals surface area contributed by atoms with E-state index >= 15 is 0 Å². The number of likely N-dealkylation sites (N-methyl/N-ethyl adjacent to an activating group) is 2. The molecule has 0 radical (unpaired) electrons. The summed E-state index contributed by atoms with van der Waals surface area (Å²) in [5.41, 5.74) is 6.81. The second-order valence-electron chi connectivity index (χ2n) is 14.2. The molecule has 0 bridgehead atoms. The number of amides is 2. The van der Waals surface area contributed by atoms with E-state index in [2.05, 4.69) is 30.2 Å². The first-order valence-corrected chi connectivity index (χ1v) is 18.2. The van der Waals surface area contributed by atoms with Gasteiger partial charge in [-0.15, -0.1) is 0 Å². The summed E-state index contributed by atoms with van der Waals surface area (Å²) in [5.74, 6) is 1.41. The minimum atomic E-state index is -0.422. The highest BCUT2D eigenvalue weighted by Gasteiger charge is 2.37. The molecule has 3 aromatic heterocycles. The average Bonchev–Trinajstić information content (AvgIpc) is 3.98. The van der Waals surface area contributed by atoms with E-state index in [1.165, 1.54) is 0 Å².